The van der Waals surface area contributed by atoms with Crippen molar-refractivity contribution in [3.8, 4) is 17.2 Å². The maximum Gasteiger partial charge on any atom is 0.203 e. The van der Waals surface area contributed by atoms with Gasteiger partial charge >= 0.3 is 0 Å². The Morgan fingerprint density at radius 1 is 0.783 bits per heavy atom. The van der Waals surface area contributed by atoms with E-state index in [9.17, 15) is 4.39 Å². The van der Waals surface area contributed by atoms with Gasteiger partial charge in [0, 0.05) is 5.56 Å². The fourth-order valence-electron chi connectivity index (χ4n) is 1.92. The molecule has 0 N–H and O–H groups in total. The quantitative estimate of drug-likeness (QED) is 0.607. The summed E-state index contributed by atoms with van der Waals surface area (Å²) in [5.74, 6) is 1.30. The summed E-state index contributed by atoms with van der Waals surface area (Å²) in [5, 5.41) is 7.89. The minimum atomic E-state index is -0.289. The van der Waals surface area contributed by atoms with Gasteiger partial charge in [-0.3, -0.25) is 0 Å². The molecule has 2 aromatic carbocycles. The van der Waals surface area contributed by atoms with E-state index in [4.69, 9.17) is 14.2 Å². The molecule has 0 bridgehead atoms. The molecular weight excluding hydrogens is 299 g/mol. The molecule has 0 aliphatic rings. The molecule has 2 aromatic rings. The highest BCUT2D eigenvalue weighted by Crippen LogP contribution is 2.37. The van der Waals surface area contributed by atoms with Crippen molar-refractivity contribution >= 4 is 12.4 Å². The Hall–Kier alpha value is -2.89. The van der Waals surface area contributed by atoms with E-state index < -0.39 is 0 Å². The first-order valence-electron chi connectivity index (χ1n) is 6.80. The summed E-state index contributed by atoms with van der Waals surface area (Å²) in [6.07, 6.45) is 3.10. The Bertz CT molecular complexity index is 687. The third-order valence-corrected chi connectivity index (χ3v) is 3.04. The fraction of sp³-hybridized carbons (Fsp3) is 0.176. The van der Waals surface area contributed by atoms with Crippen molar-refractivity contribution in [3.05, 3.63) is 53.3 Å². The molecule has 0 aliphatic carbocycles. The Morgan fingerprint density at radius 2 is 1.30 bits per heavy atom. The number of benzene rings is 2. The van der Waals surface area contributed by atoms with Crippen molar-refractivity contribution in [2.24, 2.45) is 10.2 Å². The summed E-state index contributed by atoms with van der Waals surface area (Å²) in [5.41, 5.74) is 1.50. The summed E-state index contributed by atoms with van der Waals surface area (Å²) in [6, 6.07) is 9.49. The molecule has 0 aromatic heterocycles. The van der Waals surface area contributed by atoms with Gasteiger partial charge in [0.2, 0.25) is 5.75 Å². The van der Waals surface area contributed by atoms with Crippen LogP contribution in [0.1, 0.15) is 11.1 Å². The monoisotopic (exact) mass is 316 g/mol. The lowest BCUT2D eigenvalue weighted by Gasteiger charge is -2.12. The van der Waals surface area contributed by atoms with Crippen LogP contribution in [-0.2, 0) is 0 Å². The van der Waals surface area contributed by atoms with Crippen LogP contribution in [-0.4, -0.2) is 33.8 Å². The molecule has 0 radical (unpaired) electrons. The van der Waals surface area contributed by atoms with Crippen molar-refractivity contribution in [3.63, 3.8) is 0 Å². The van der Waals surface area contributed by atoms with Gasteiger partial charge in [0.15, 0.2) is 11.5 Å². The van der Waals surface area contributed by atoms with Crippen LogP contribution in [0.2, 0.25) is 0 Å². The summed E-state index contributed by atoms with van der Waals surface area (Å²) in [4.78, 5) is 0. The number of rotatable bonds is 6. The van der Waals surface area contributed by atoms with Crippen molar-refractivity contribution in [2.75, 3.05) is 21.3 Å². The SMILES string of the molecule is COc1cc(/C=N/N=C\c2ccc(F)cc2)cc(OC)c1OC. The van der Waals surface area contributed by atoms with Crippen molar-refractivity contribution in [2.45, 2.75) is 0 Å². The van der Waals surface area contributed by atoms with Crippen LogP contribution in [0, 0.1) is 5.82 Å². The van der Waals surface area contributed by atoms with Gasteiger partial charge in [-0.05, 0) is 29.8 Å². The molecule has 23 heavy (non-hydrogen) atoms. The third-order valence-electron chi connectivity index (χ3n) is 3.04. The first-order chi connectivity index (χ1) is 11.2. The van der Waals surface area contributed by atoms with Crippen LogP contribution in [0.3, 0.4) is 0 Å². The highest BCUT2D eigenvalue weighted by Gasteiger charge is 2.12. The second-order valence-electron chi connectivity index (χ2n) is 4.50. The zero-order valence-corrected chi connectivity index (χ0v) is 13.1. The van der Waals surface area contributed by atoms with E-state index in [0.717, 1.165) is 11.1 Å². The number of halogens is 1. The minimum Gasteiger partial charge on any atom is -0.493 e. The number of hydrogen-bond acceptors (Lipinski definition) is 5. The largest absolute Gasteiger partial charge is 0.493 e. The highest BCUT2D eigenvalue weighted by molar-refractivity contribution is 5.84. The summed E-state index contributed by atoms with van der Waals surface area (Å²) in [7, 11) is 4.64. The number of ether oxygens (including phenoxy) is 3. The van der Waals surface area contributed by atoms with Gasteiger partial charge in [-0.2, -0.15) is 10.2 Å². The van der Waals surface area contributed by atoms with Crippen LogP contribution in [0.15, 0.2) is 46.6 Å². The van der Waals surface area contributed by atoms with Gasteiger partial charge in [-0.25, -0.2) is 4.39 Å². The Balaban J connectivity index is 2.17. The van der Waals surface area contributed by atoms with Crippen molar-refractivity contribution in [1.29, 1.82) is 0 Å². The smallest absolute Gasteiger partial charge is 0.203 e. The maximum absolute atomic E-state index is 12.8. The molecule has 0 amide bonds. The average Bonchev–Trinajstić information content (AvgIpc) is 2.59. The first kappa shape index (κ1) is 16.5. The van der Waals surface area contributed by atoms with Crippen molar-refractivity contribution < 1.29 is 18.6 Å². The number of methoxy groups -OCH3 is 3. The molecule has 0 aliphatic heterocycles. The molecular formula is C17H17FN2O3. The van der Waals surface area contributed by atoms with Crippen LogP contribution < -0.4 is 14.2 Å². The molecule has 0 saturated heterocycles. The van der Waals surface area contributed by atoms with Crippen molar-refractivity contribution in [1.82, 2.24) is 0 Å². The molecule has 6 heteroatoms. The van der Waals surface area contributed by atoms with Gasteiger partial charge in [-0.1, -0.05) is 12.1 Å². The zero-order valence-electron chi connectivity index (χ0n) is 13.1. The van der Waals surface area contributed by atoms with Gasteiger partial charge in [0.05, 0.1) is 33.8 Å². The first-order valence-corrected chi connectivity index (χ1v) is 6.80. The lowest BCUT2D eigenvalue weighted by atomic mass is 10.2. The van der Waals surface area contributed by atoms with E-state index >= 15 is 0 Å². The molecule has 2 rings (SSSR count). The van der Waals surface area contributed by atoms with Crippen LogP contribution in [0.25, 0.3) is 0 Å². The zero-order chi connectivity index (χ0) is 16.7. The van der Waals surface area contributed by atoms with E-state index in [1.807, 2.05) is 0 Å². The predicted molar refractivity (Wildman–Crippen MR) is 87.7 cm³/mol. The lowest BCUT2D eigenvalue weighted by Crippen LogP contribution is -1.96. The third kappa shape index (κ3) is 4.29. The normalized spacial score (nSPS) is 11.1. The molecule has 0 fully saturated rings. The fourth-order valence-corrected chi connectivity index (χ4v) is 1.92. The minimum absolute atomic E-state index is 0.289. The highest BCUT2D eigenvalue weighted by atomic mass is 19.1. The molecule has 120 valence electrons. The van der Waals surface area contributed by atoms with Crippen LogP contribution in [0.5, 0.6) is 17.2 Å². The molecule has 0 atom stereocenters. The van der Waals surface area contributed by atoms with Crippen LogP contribution >= 0.6 is 0 Å². The Kier molecular flexibility index (Phi) is 5.68. The summed E-state index contributed by atoms with van der Waals surface area (Å²) >= 11 is 0. The molecule has 0 spiro atoms. The Morgan fingerprint density at radius 3 is 1.78 bits per heavy atom. The predicted octanol–water partition coefficient (Wildman–Crippen LogP) is 3.30. The molecule has 5 nitrogen and oxygen atoms in total. The van der Waals surface area contributed by atoms with Crippen LogP contribution in [0.4, 0.5) is 4.39 Å². The molecule has 0 unspecified atom stereocenters. The second-order valence-corrected chi connectivity index (χ2v) is 4.50. The Labute approximate surface area is 134 Å². The number of hydrogen-bond donors (Lipinski definition) is 0. The van der Waals surface area contributed by atoms with E-state index in [-0.39, 0.29) is 5.82 Å². The second kappa shape index (κ2) is 7.93. The summed E-state index contributed by atoms with van der Waals surface area (Å²) in [6.45, 7) is 0. The van der Waals surface area contributed by atoms with E-state index in [0.29, 0.717) is 17.2 Å². The van der Waals surface area contributed by atoms with E-state index in [1.165, 1.54) is 18.3 Å². The lowest BCUT2D eigenvalue weighted by molar-refractivity contribution is 0.324. The van der Waals surface area contributed by atoms with Gasteiger partial charge in [-0.15, -0.1) is 0 Å². The van der Waals surface area contributed by atoms with Gasteiger partial charge < -0.3 is 14.2 Å². The van der Waals surface area contributed by atoms with E-state index in [1.54, 1.807) is 51.8 Å². The topological polar surface area (TPSA) is 52.4 Å². The average molecular weight is 316 g/mol. The standard InChI is InChI=1S/C17H17FN2O3/c1-21-15-8-13(9-16(22-2)17(15)23-3)11-20-19-10-12-4-6-14(18)7-5-12/h4-11H,1-3H3/b19-10-,20-11+. The number of nitrogens with zero attached hydrogens (tertiary/aromatic N) is 2. The van der Waals surface area contributed by atoms with Gasteiger partial charge in [0.25, 0.3) is 0 Å². The maximum atomic E-state index is 12.8. The summed E-state index contributed by atoms with van der Waals surface area (Å²) < 4.78 is 28.6. The van der Waals surface area contributed by atoms with Gasteiger partial charge in [0.1, 0.15) is 5.82 Å². The van der Waals surface area contributed by atoms with E-state index in [2.05, 4.69) is 10.2 Å². The molecule has 0 heterocycles. The molecule has 0 saturated carbocycles.